The van der Waals surface area contributed by atoms with E-state index < -0.39 is 12.1 Å². The first-order valence-corrected chi connectivity index (χ1v) is 7.36. The van der Waals surface area contributed by atoms with Crippen LogP contribution in [0.5, 0.6) is 0 Å². The van der Waals surface area contributed by atoms with Crippen molar-refractivity contribution in [3.8, 4) is 0 Å². The molecule has 0 aliphatic rings. The van der Waals surface area contributed by atoms with Gasteiger partial charge in [-0.2, -0.15) is 0 Å². The molecular formula is C15H15Cl2N3O2. The van der Waals surface area contributed by atoms with Crippen molar-refractivity contribution in [1.29, 1.82) is 0 Å². The maximum Gasteiger partial charge on any atom is 0.315 e. The van der Waals surface area contributed by atoms with Gasteiger partial charge in [0.25, 0.3) is 0 Å². The van der Waals surface area contributed by atoms with Crippen molar-refractivity contribution in [3.05, 3.63) is 63.9 Å². The van der Waals surface area contributed by atoms with Gasteiger partial charge in [0.05, 0.1) is 18.3 Å². The summed E-state index contributed by atoms with van der Waals surface area (Å²) in [5.41, 5.74) is 1.26. The van der Waals surface area contributed by atoms with E-state index in [0.717, 1.165) is 5.69 Å². The van der Waals surface area contributed by atoms with Gasteiger partial charge in [0.1, 0.15) is 0 Å². The predicted molar refractivity (Wildman–Crippen MR) is 85.9 cm³/mol. The van der Waals surface area contributed by atoms with Crippen LogP contribution in [0.25, 0.3) is 0 Å². The normalized spacial score (nSPS) is 11.8. The molecule has 3 N–H and O–H groups in total. The van der Waals surface area contributed by atoms with E-state index in [4.69, 9.17) is 23.2 Å². The number of amides is 2. The fourth-order valence-corrected chi connectivity index (χ4v) is 2.34. The molecule has 1 heterocycles. The minimum Gasteiger partial charge on any atom is -0.387 e. The number of rotatable bonds is 5. The van der Waals surface area contributed by atoms with Crippen LogP contribution in [0.2, 0.25) is 10.0 Å². The summed E-state index contributed by atoms with van der Waals surface area (Å²) in [5, 5.41) is 16.1. The number of benzene rings is 1. The Balaban J connectivity index is 1.80. The average Bonchev–Trinajstić information content (AvgIpc) is 2.51. The maximum absolute atomic E-state index is 11.7. The Bertz CT molecular complexity index is 638. The molecule has 0 aliphatic heterocycles. The van der Waals surface area contributed by atoms with Crippen molar-refractivity contribution in [3.63, 3.8) is 0 Å². The molecule has 0 saturated carbocycles. The number of hydrogen-bond donors (Lipinski definition) is 3. The molecule has 1 aromatic carbocycles. The number of carbonyl (C=O) groups excluding carboxylic acids is 1. The van der Waals surface area contributed by atoms with E-state index in [9.17, 15) is 9.90 Å². The monoisotopic (exact) mass is 339 g/mol. The van der Waals surface area contributed by atoms with Gasteiger partial charge in [0.15, 0.2) is 0 Å². The SMILES string of the molecule is O=C(NCc1ccccn1)NC[C@@H](O)c1ccc(Cl)cc1Cl. The van der Waals surface area contributed by atoms with Gasteiger partial charge in [-0.25, -0.2) is 4.79 Å². The van der Waals surface area contributed by atoms with Crippen molar-refractivity contribution in [2.24, 2.45) is 0 Å². The lowest BCUT2D eigenvalue weighted by Crippen LogP contribution is -2.37. The van der Waals surface area contributed by atoms with Crippen molar-refractivity contribution in [1.82, 2.24) is 15.6 Å². The van der Waals surface area contributed by atoms with E-state index in [1.54, 1.807) is 30.5 Å². The highest BCUT2D eigenvalue weighted by Crippen LogP contribution is 2.25. The molecule has 0 spiro atoms. The molecule has 1 atom stereocenters. The number of aliphatic hydroxyl groups excluding tert-OH is 1. The quantitative estimate of drug-likeness (QED) is 0.783. The number of aliphatic hydroxyl groups is 1. The summed E-state index contributed by atoms with van der Waals surface area (Å²) < 4.78 is 0. The molecule has 0 radical (unpaired) electrons. The average molecular weight is 340 g/mol. The Morgan fingerprint density at radius 3 is 2.73 bits per heavy atom. The van der Waals surface area contributed by atoms with Gasteiger partial charge >= 0.3 is 6.03 Å². The van der Waals surface area contributed by atoms with E-state index in [0.29, 0.717) is 22.2 Å². The van der Waals surface area contributed by atoms with Crippen LogP contribution in [-0.2, 0) is 6.54 Å². The van der Waals surface area contributed by atoms with Gasteiger partial charge in [-0.3, -0.25) is 4.98 Å². The number of pyridine rings is 1. The van der Waals surface area contributed by atoms with Crippen LogP contribution in [0.4, 0.5) is 4.79 Å². The van der Waals surface area contributed by atoms with Crippen LogP contribution < -0.4 is 10.6 Å². The number of aromatic nitrogens is 1. The third kappa shape index (κ3) is 4.87. The molecule has 0 aliphatic carbocycles. The molecule has 2 rings (SSSR count). The standard InChI is InChI=1S/C15H15Cl2N3O2/c16-10-4-5-12(13(17)7-10)14(21)9-20-15(22)19-8-11-3-1-2-6-18-11/h1-7,14,21H,8-9H2,(H2,19,20,22)/t14-/m1/s1. The topological polar surface area (TPSA) is 74.2 Å². The van der Waals surface area contributed by atoms with Crippen molar-refractivity contribution >= 4 is 29.2 Å². The Hall–Kier alpha value is -1.82. The molecule has 0 bridgehead atoms. The highest BCUT2D eigenvalue weighted by atomic mass is 35.5. The van der Waals surface area contributed by atoms with Crippen LogP contribution >= 0.6 is 23.2 Å². The largest absolute Gasteiger partial charge is 0.387 e. The molecule has 2 amide bonds. The van der Waals surface area contributed by atoms with E-state index in [-0.39, 0.29) is 6.54 Å². The molecular weight excluding hydrogens is 325 g/mol. The summed E-state index contributed by atoms with van der Waals surface area (Å²) in [7, 11) is 0. The van der Waals surface area contributed by atoms with Gasteiger partial charge in [0.2, 0.25) is 0 Å². The van der Waals surface area contributed by atoms with Crippen LogP contribution in [0.15, 0.2) is 42.6 Å². The van der Waals surface area contributed by atoms with Crippen LogP contribution in [0.3, 0.4) is 0 Å². The van der Waals surface area contributed by atoms with Crippen molar-refractivity contribution in [2.45, 2.75) is 12.6 Å². The molecule has 0 fully saturated rings. The molecule has 7 heteroatoms. The molecule has 1 aromatic heterocycles. The summed E-state index contributed by atoms with van der Waals surface area (Å²) >= 11 is 11.8. The van der Waals surface area contributed by atoms with Crippen molar-refractivity contribution in [2.75, 3.05) is 6.54 Å². The predicted octanol–water partition coefficient (Wildman–Crippen LogP) is 2.92. The lowest BCUT2D eigenvalue weighted by molar-refractivity contribution is 0.173. The minimum atomic E-state index is -0.912. The van der Waals surface area contributed by atoms with Gasteiger partial charge in [-0.05, 0) is 24.3 Å². The summed E-state index contributed by atoms with van der Waals surface area (Å²) in [6.07, 6.45) is 0.742. The second-order valence-electron chi connectivity index (χ2n) is 4.57. The first kappa shape index (κ1) is 16.5. The van der Waals surface area contributed by atoms with E-state index >= 15 is 0 Å². The number of nitrogens with zero attached hydrogens (tertiary/aromatic N) is 1. The van der Waals surface area contributed by atoms with Gasteiger partial charge < -0.3 is 15.7 Å². The smallest absolute Gasteiger partial charge is 0.315 e. The Labute approximate surface area is 138 Å². The van der Waals surface area contributed by atoms with E-state index in [1.165, 1.54) is 0 Å². The maximum atomic E-state index is 11.7. The third-order valence-corrected chi connectivity index (χ3v) is 3.50. The number of nitrogens with one attached hydrogen (secondary N) is 2. The summed E-state index contributed by atoms with van der Waals surface area (Å²) in [4.78, 5) is 15.8. The lowest BCUT2D eigenvalue weighted by Gasteiger charge is -2.14. The first-order valence-electron chi connectivity index (χ1n) is 6.61. The lowest BCUT2D eigenvalue weighted by atomic mass is 10.1. The second kappa shape index (κ2) is 7.98. The number of carbonyl (C=O) groups is 1. The van der Waals surface area contributed by atoms with Crippen LogP contribution in [0, 0.1) is 0 Å². The zero-order chi connectivity index (χ0) is 15.9. The minimum absolute atomic E-state index is 0.0371. The van der Waals surface area contributed by atoms with Gasteiger partial charge in [-0.1, -0.05) is 35.3 Å². The number of urea groups is 1. The summed E-state index contributed by atoms with van der Waals surface area (Å²) in [5.74, 6) is 0. The van der Waals surface area contributed by atoms with E-state index in [1.807, 2.05) is 12.1 Å². The molecule has 0 unspecified atom stereocenters. The van der Waals surface area contributed by atoms with E-state index in [2.05, 4.69) is 15.6 Å². The fraction of sp³-hybridized carbons (Fsp3) is 0.200. The highest BCUT2D eigenvalue weighted by Gasteiger charge is 2.13. The molecule has 22 heavy (non-hydrogen) atoms. The Morgan fingerprint density at radius 2 is 2.05 bits per heavy atom. The van der Waals surface area contributed by atoms with Crippen LogP contribution in [0.1, 0.15) is 17.4 Å². The second-order valence-corrected chi connectivity index (χ2v) is 5.41. The number of halogens is 2. The number of hydrogen-bond acceptors (Lipinski definition) is 3. The Morgan fingerprint density at radius 1 is 1.23 bits per heavy atom. The first-order chi connectivity index (χ1) is 10.6. The molecule has 2 aromatic rings. The zero-order valence-corrected chi connectivity index (χ0v) is 13.1. The van der Waals surface area contributed by atoms with Gasteiger partial charge in [0, 0.05) is 28.4 Å². The Kier molecular flexibility index (Phi) is 6.00. The molecule has 5 nitrogen and oxygen atoms in total. The zero-order valence-electron chi connectivity index (χ0n) is 11.6. The fourth-order valence-electron chi connectivity index (χ4n) is 1.81. The summed E-state index contributed by atoms with van der Waals surface area (Å²) in [6, 6.07) is 9.86. The van der Waals surface area contributed by atoms with Crippen molar-refractivity contribution < 1.29 is 9.90 Å². The van der Waals surface area contributed by atoms with Crippen LogP contribution in [-0.4, -0.2) is 22.7 Å². The molecule has 116 valence electrons. The summed E-state index contributed by atoms with van der Waals surface area (Å²) in [6.45, 7) is 0.347. The highest BCUT2D eigenvalue weighted by molar-refractivity contribution is 6.35. The van der Waals surface area contributed by atoms with Gasteiger partial charge in [-0.15, -0.1) is 0 Å². The third-order valence-electron chi connectivity index (χ3n) is 2.93. The molecule has 0 saturated heterocycles.